The van der Waals surface area contributed by atoms with Crippen molar-refractivity contribution in [3.05, 3.63) is 82.9 Å². The molecule has 0 spiro atoms. The van der Waals surface area contributed by atoms with Gasteiger partial charge in [-0.25, -0.2) is 15.4 Å². The van der Waals surface area contributed by atoms with Crippen molar-refractivity contribution >= 4 is 17.8 Å². The molecular weight excluding hydrogens is 382 g/mol. The van der Waals surface area contributed by atoms with Crippen molar-refractivity contribution in [3.8, 4) is 0 Å². The molecular formula is C23H27N3O4. The molecule has 1 heterocycles. The maximum absolute atomic E-state index is 9.55. The Kier molecular flexibility index (Phi) is 8.31. The molecule has 4 N–H and O–H groups in total. The number of amidine groups is 1. The number of carboxylic acids is 2. The molecule has 0 aromatic heterocycles. The first-order valence-corrected chi connectivity index (χ1v) is 9.65. The average Bonchev–Trinajstić information content (AvgIpc) is 3.14. The van der Waals surface area contributed by atoms with Crippen molar-refractivity contribution in [2.75, 3.05) is 13.1 Å². The largest absolute Gasteiger partial charge is 0.478 e. The lowest BCUT2D eigenvalue weighted by molar-refractivity contribution is -0.134. The predicted molar refractivity (Wildman–Crippen MR) is 116 cm³/mol. The van der Waals surface area contributed by atoms with Crippen LogP contribution in [0.25, 0.3) is 0 Å². The monoisotopic (exact) mass is 409 g/mol. The number of benzene rings is 2. The second-order valence-electron chi connectivity index (χ2n) is 7.18. The highest BCUT2D eigenvalue weighted by Gasteiger charge is 2.14. The van der Waals surface area contributed by atoms with Crippen LogP contribution in [0.15, 0.2) is 65.7 Å². The van der Waals surface area contributed by atoms with Gasteiger partial charge in [0, 0.05) is 17.7 Å². The van der Waals surface area contributed by atoms with Gasteiger partial charge in [-0.1, -0.05) is 62.4 Å². The zero-order chi connectivity index (χ0) is 22.1. The van der Waals surface area contributed by atoms with Gasteiger partial charge in [-0.15, -0.1) is 0 Å². The summed E-state index contributed by atoms with van der Waals surface area (Å²) in [5, 5.41) is 17.3. The van der Waals surface area contributed by atoms with Gasteiger partial charge in [-0.2, -0.15) is 0 Å². The Morgan fingerprint density at radius 2 is 1.50 bits per heavy atom. The van der Waals surface area contributed by atoms with Crippen LogP contribution in [0.4, 0.5) is 0 Å². The van der Waals surface area contributed by atoms with E-state index in [9.17, 15) is 9.59 Å². The molecule has 7 nitrogen and oxygen atoms in total. The van der Waals surface area contributed by atoms with Gasteiger partial charge in [0.15, 0.2) is 0 Å². The number of rotatable bonds is 6. The minimum absolute atomic E-state index is 0.558. The minimum Gasteiger partial charge on any atom is -0.478 e. The molecule has 158 valence electrons. The summed E-state index contributed by atoms with van der Waals surface area (Å²) in [6.45, 7) is 6.04. The van der Waals surface area contributed by atoms with Gasteiger partial charge in [0.1, 0.15) is 5.84 Å². The molecule has 1 aliphatic heterocycles. The Labute approximate surface area is 176 Å². The molecule has 0 saturated carbocycles. The van der Waals surface area contributed by atoms with E-state index in [1.165, 1.54) is 16.7 Å². The molecule has 0 atom stereocenters. The summed E-state index contributed by atoms with van der Waals surface area (Å²) in [5.74, 6) is 4.88. The Morgan fingerprint density at radius 3 is 1.90 bits per heavy atom. The van der Waals surface area contributed by atoms with Crippen molar-refractivity contribution < 1.29 is 19.8 Å². The van der Waals surface area contributed by atoms with Crippen molar-refractivity contribution in [1.82, 2.24) is 5.01 Å². The Hall–Kier alpha value is -3.45. The van der Waals surface area contributed by atoms with Crippen LogP contribution in [-0.2, 0) is 16.0 Å². The maximum atomic E-state index is 9.55. The summed E-state index contributed by atoms with van der Waals surface area (Å²) in [6.07, 6.45) is 2.07. The number of aliphatic carboxylic acids is 2. The third kappa shape index (κ3) is 7.18. The highest BCUT2D eigenvalue weighted by molar-refractivity contribution is 5.99. The molecule has 1 aliphatic rings. The molecule has 0 saturated heterocycles. The molecule has 0 aliphatic carbocycles. The third-order valence-corrected chi connectivity index (χ3v) is 4.51. The summed E-state index contributed by atoms with van der Waals surface area (Å²) in [7, 11) is 0. The summed E-state index contributed by atoms with van der Waals surface area (Å²) < 4.78 is 0. The summed E-state index contributed by atoms with van der Waals surface area (Å²) in [5.41, 5.74) is 5.14. The standard InChI is InChI=1S/C19H23N3.C4H4O4/c1-14(2)17-7-3-15(4-8-17)13-16-5-9-18(10-6-16)19-21-11-12-22(19)20;5-3(6)1-2-4(7)8/h3-10,14H,11-13,20H2,1-2H3;1-2H,(H,5,6)(H,7,8)/b;2-1+. The van der Waals surface area contributed by atoms with E-state index >= 15 is 0 Å². The maximum Gasteiger partial charge on any atom is 0.328 e. The lowest BCUT2D eigenvalue weighted by Gasteiger charge is -2.13. The normalized spacial score (nSPS) is 13.2. The summed E-state index contributed by atoms with van der Waals surface area (Å²) >= 11 is 0. The number of aliphatic imine (C=N–C) groups is 1. The summed E-state index contributed by atoms with van der Waals surface area (Å²) in [4.78, 5) is 23.6. The summed E-state index contributed by atoms with van der Waals surface area (Å²) in [6, 6.07) is 17.5. The molecule has 3 rings (SSSR count). The Balaban J connectivity index is 0.000000343. The van der Waals surface area contributed by atoms with Crippen molar-refractivity contribution in [3.63, 3.8) is 0 Å². The van der Waals surface area contributed by atoms with E-state index in [1.54, 1.807) is 5.01 Å². The van der Waals surface area contributed by atoms with E-state index in [-0.39, 0.29) is 0 Å². The Morgan fingerprint density at radius 1 is 1.00 bits per heavy atom. The lowest BCUT2D eigenvalue weighted by Crippen LogP contribution is -2.34. The zero-order valence-electron chi connectivity index (χ0n) is 17.2. The van der Waals surface area contributed by atoms with Gasteiger partial charge in [-0.3, -0.25) is 10.0 Å². The van der Waals surface area contributed by atoms with Crippen LogP contribution in [-0.4, -0.2) is 46.1 Å². The van der Waals surface area contributed by atoms with Crippen LogP contribution < -0.4 is 5.84 Å². The second kappa shape index (κ2) is 10.9. The van der Waals surface area contributed by atoms with Gasteiger partial charge >= 0.3 is 11.9 Å². The molecule has 0 bridgehead atoms. The number of hydrogen-bond acceptors (Lipinski definition) is 5. The highest BCUT2D eigenvalue weighted by atomic mass is 16.4. The van der Waals surface area contributed by atoms with Crippen molar-refractivity contribution in [2.45, 2.75) is 26.2 Å². The number of nitrogens with zero attached hydrogens (tertiary/aromatic N) is 2. The van der Waals surface area contributed by atoms with E-state index in [4.69, 9.17) is 16.1 Å². The number of hydrazine groups is 1. The number of carbonyl (C=O) groups is 2. The quantitative estimate of drug-likeness (QED) is 0.499. The zero-order valence-corrected chi connectivity index (χ0v) is 17.2. The number of carboxylic acid groups (broad SMARTS) is 2. The fourth-order valence-electron chi connectivity index (χ4n) is 2.89. The molecule has 2 aromatic rings. The van der Waals surface area contributed by atoms with E-state index in [0.29, 0.717) is 18.1 Å². The van der Waals surface area contributed by atoms with Gasteiger partial charge in [-0.05, 0) is 29.0 Å². The van der Waals surface area contributed by atoms with Crippen LogP contribution in [0.3, 0.4) is 0 Å². The fraction of sp³-hybridized carbons (Fsp3) is 0.261. The van der Waals surface area contributed by atoms with Crippen LogP contribution in [0.2, 0.25) is 0 Å². The highest BCUT2D eigenvalue weighted by Crippen LogP contribution is 2.17. The third-order valence-electron chi connectivity index (χ3n) is 4.51. The van der Waals surface area contributed by atoms with Crippen molar-refractivity contribution in [1.29, 1.82) is 0 Å². The molecule has 30 heavy (non-hydrogen) atoms. The van der Waals surface area contributed by atoms with E-state index < -0.39 is 11.9 Å². The first-order valence-electron chi connectivity index (χ1n) is 9.65. The van der Waals surface area contributed by atoms with E-state index in [1.807, 2.05) is 0 Å². The van der Waals surface area contributed by atoms with Crippen LogP contribution in [0.1, 0.15) is 42.0 Å². The van der Waals surface area contributed by atoms with Gasteiger partial charge in [0.05, 0.1) is 13.1 Å². The molecule has 7 heteroatoms. The van der Waals surface area contributed by atoms with Crippen LogP contribution in [0, 0.1) is 0 Å². The van der Waals surface area contributed by atoms with Crippen molar-refractivity contribution in [2.24, 2.45) is 10.8 Å². The van der Waals surface area contributed by atoms with Gasteiger partial charge in [0.25, 0.3) is 0 Å². The van der Waals surface area contributed by atoms with Crippen LogP contribution >= 0.6 is 0 Å². The Bertz CT molecular complexity index is 900. The average molecular weight is 409 g/mol. The van der Waals surface area contributed by atoms with Crippen LogP contribution in [0.5, 0.6) is 0 Å². The SMILES string of the molecule is CC(C)c1ccc(Cc2ccc(C3=NCCN3N)cc2)cc1.O=C(O)/C=C/C(=O)O. The molecule has 2 aromatic carbocycles. The molecule has 0 fully saturated rings. The van der Waals surface area contributed by atoms with Gasteiger partial charge < -0.3 is 10.2 Å². The first kappa shape index (κ1) is 22.8. The second-order valence-corrected chi connectivity index (χ2v) is 7.18. The molecule has 0 radical (unpaired) electrons. The smallest absolute Gasteiger partial charge is 0.328 e. The number of nitrogens with two attached hydrogens (primary N) is 1. The number of hydrogen-bond donors (Lipinski definition) is 3. The molecule has 0 unspecified atom stereocenters. The predicted octanol–water partition coefficient (Wildman–Crippen LogP) is 3.05. The van der Waals surface area contributed by atoms with E-state index in [0.717, 1.165) is 30.9 Å². The van der Waals surface area contributed by atoms with E-state index in [2.05, 4.69) is 67.4 Å². The molecule has 0 amide bonds. The first-order chi connectivity index (χ1) is 14.3. The van der Waals surface area contributed by atoms with Gasteiger partial charge in [0.2, 0.25) is 0 Å². The fourth-order valence-corrected chi connectivity index (χ4v) is 2.89. The lowest BCUT2D eigenvalue weighted by atomic mass is 9.98. The topological polar surface area (TPSA) is 116 Å². The minimum atomic E-state index is -1.26.